The van der Waals surface area contributed by atoms with Gasteiger partial charge < -0.3 is 0 Å². The summed E-state index contributed by atoms with van der Waals surface area (Å²) in [4.78, 5) is 19.2. The second-order valence-electron chi connectivity index (χ2n) is 5.08. The molecule has 23 heavy (non-hydrogen) atoms. The number of thiophene rings is 1. The highest BCUT2D eigenvalue weighted by Gasteiger charge is 2.34. The van der Waals surface area contributed by atoms with Crippen molar-refractivity contribution in [3.63, 3.8) is 0 Å². The lowest BCUT2D eigenvalue weighted by Crippen LogP contribution is -2.24. The predicted molar refractivity (Wildman–Crippen MR) is 95.6 cm³/mol. The maximum atomic E-state index is 12.9. The summed E-state index contributed by atoms with van der Waals surface area (Å²) in [5, 5.41) is 4.56. The lowest BCUT2D eigenvalue weighted by Gasteiger charge is -2.14. The molecule has 2 heterocycles. The summed E-state index contributed by atoms with van der Waals surface area (Å²) in [6.45, 7) is 0. The van der Waals surface area contributed by atoms with Crippen LogP contribution in [0, 0.1) is 0 Å². The molecule has 4 rings (SSSR count). The first-order chi connectivity index (χ1) is 11.2. The maximum absolute atomic E-state index is 12.9. The topological polar surface area (TPSA) is 32.7 Å². The number of amides is 1. The van der Waals surface area contributed by atoms with Gasteiger partial charge in [0, 0.05) is 16.0 Å². The number of para-hydroxylation sites is 1. The minimum absolute atomic E-state index is 0.112. The first-order valence-electron chi connectivity index (χ1n) is 7.04. The maximum Gasteiger partial charge on any atom is 0.282 e. The summed E-state index contributed by atoms with van der Waals surface area (Å²) in [6, 6.07) is 16.8. The van der Waals surface area contributed by atoms with Crippen molar-refractivity contribution in [2.45, 2.75) is 0 Å². The number of hydrogen-bond acceptors (Lipinski definition) is 3. The number of rotatable bonds is 2. The molecule has 1 aromatic heterocycles. The fourth-order valence-electron chi connectivity index (χ4n) is 2.59. The quantitative estimate of drug-likeness (QED) is 0.632. The third-order valence-electron chi connectivity index (χ3n) is 3.64. The van der Waals surface area contributed by atoms with Crippen molar-refractivity contribution in [1.82, 2.24) is 0 Å². The van der Waals surface area contributed by atoms with E-state index in [2.05, 4.69) is 4.99 Å². The zero-order valence-corrected chi connectivity index (χ0v) is 13.5. The number of carbonyl (C=O) groups is 1. The van der Waals surface area contributed by atoms with E-state index < -0.39 is 0 Å². The highest BCUT2D eigenvalue weighted by atomic mass is 35.5. The van der Waals surface area contributed by atoms with Gasteiger partial charge in [0.15, 0.2) is 0 Å². The van der Waals surface area contributed by atoms with Gasteiger partial charge in [-0.2, -0.15) is 11.3 Å². The van der Waals surface area contributed by atoms with Crippen molar-refractivity contribution in [3.8, 4) is 0 Å². The average Bonchev–Trinajstić information content (AvgIpc) is 3.17. The SMILES string of the molecule is O=C1C(=Nc2ccc(Cl)cc2)c2ccccc2N1c1ccsc1. The van der Waals surface area contributed by atoms with Crippen molar-refractivity contribution in [2.24, 2.45) is 4.99 Å². The van der Waals surface area contributed by atoms with Crippen molar-refractivity contribution in [2.75, 3.05) is 4.90 Å². The van der Waals surface area contributed by atoms with E-state index in [-0.39, 0.29) is 5.91 Å². The Bertz CT molecular complexity index is 901. The monoisotopic (exact) mass is 338 g/mol. The molecular weight excluding hydrogens is 328 g/mol. The molecule has 0 radical (unpaired) electrons. The van der Waals surface area contributed by atoms with E-state index in [9.17, 15) is 4.79 Å². The van der Waals surface area contributed by atoms with Crippen molar-refractivity contribution in [3.05, 3.63) is 75.9 Å². The number of carbonyl (C=O) groups excluding carboxylic acids is 1. The highest BCUT2D eigenvalue weighted by Crippen LogP contribution is 2.37. The molecular formula is C18H11ClN2OS. The van der Waals surface area contributed by atoms with Gasteiger partial charge in [-0.3, -0.25) is 9.69 Å². The van der Waals surface area contributed by atoms with E-state index in [1.807, 2.05) is 41.1 Å². The molecule has 0 unspecified atom stereocenters. The smallest absolute Gasteiger partial charge is 0.274 e. The van der Waals surface area contributed by atoms with Crippen LogP contribution in [0.15, 0.2) is 70.3 Å². The van der Waals surface area contributed by atoms with Gasteiger partial charge in [-0.25, -0.2) is 4.99 Å². The Kier molecular flexibility index (Phi) is 3.48. The molecule has 5 heteroatoms. The van der Waals surface area contributed by atoms with Crippen LogP contribution >= 0.6 is 22.9 Å². The minimum atomic E-state index is -0.112. The van der Waals surface area contributed by atoms with Crippen LogP contribution in [0.2, 0.25) is 5.02 Å². The molecule has 3 nitrogen and oxygen atoms in total. The molecule has 112 valence electrons. The largest absolute Gasteiger partial charge is 0.282 e. The van der Waals surface area contributed by atoms with Crippen LogP contribution in [-0.4, -0.2) is 11.6 Å². The van der Waals surface area contributed by atoms with Crippen LogP contribution in [0.25, 0.3) is 0 Å². The van der Waals surface area contributed by atoms with Crippen LogP contribution in [-0.2, 0) is 4.79 Å². The third kappa shape index (κ3) is 2.46. The van der Waals surface area contributed by atoms with Gasteiger partial charge >= 0.3 is 0 Å². The molecule has 0 bridgehead atoms. The second kappa shape index (κ2) is 5.65. The number of nitrogens with zero attached hydrogens (tertiary/aromatic N) is 2. The molecule has 2 aromatic carbocycles. The average molecular weight is 339 g/mol. The molecule has 3 aromatic rings. The number of benzene rings is 2. The molecule has 0 saturated carbocycles. The molecule has 0 spiro atoms. The number of hydrogen-bond donors (Lipinski definition) is 0. The van der Waals surface area contributed by atoms with Gasteiger partial charge in [0.25, 0.3) is 5.91 Å². The number of aliphatic imine (C=N–C) groups is 1. The lowest BCUT2D eigenvalue weighted by atomic mass is 10.1. The number of fused-ring (bicyclic) bond motifs is 1. The summed E-state index contributed by atoms with van der Waals surface area (Å²) in [7, 11) is 0. The minimum Gasteiger partial charge on any atom is -0.274 e. The van der Waals surface area contributed by atoms with Gasteiger partial charge in [0.2, 0.25) is 0 Å². The van der Waals surface area contributed by atoms with E-state index >= 15 is 0 Å². The molecule has 1 amide bonds. The molecule has 0 aliphatic carbocycles. The predicted octanol–water partition coefficient (Wildman–Crippen LogP) is 5.20. The molecule has 1 aliphatic heterocycles. The molecule has 0 saturated heterocycles. The van der Waals surface area contributed by atoms with Gasteiger partial charge in [-0.05, 0) is 41.8 Å². The molecule has 0 atom stereocenters. The number of anilines is 2. The molecule has 0 N–H and O–H groups in total. The van der Waals surface area contributed by atoms with E-state index in [0.717, 1.165) is 16.9 Å². The standard InChI is InChI=1S/C18H11ClN2OS/c19-12-5-7-13(8-6-12)20-17-15-3-1-2-4-16(15)21(18(17)22)14-9-10-23-11-14/h1-11H. The first kappa shape index (κ1) is 14.2. The van der Waals surface area contributed by atoms with Gasteiger partial charge in [0.05, 0.1) is 17.1 Å². The molecule has 0 fully saturated rings. The zero-order chi connectivity index (χ0) is 15.8. The summed E-state index contributed by atoms with van der Waals surface area (Å²) < 4.78 is 0. The summed E-state index contributed by atoms with van der Waals surface area (Å²) in [6.07, 6.45) is 0. The Morgan fingerprint density at radius 1 is 1.00 bits per heavy atom. The van der Waals surface area contributed by atoms with Crippen molar-refractivity contribution >= 4 is 51.6 Å². The van der Waals surface area contributed by atoms with E-state index in [1.165, 1.54) is 0 Å². The van der Waals surface area contributed by atoms with Gasteiger partial charge in [-0.15, -0.1) is 0 Å². The summed E-state index contributed by atoms with van der Waals surface area (Å²) in [5.74, 6) is -0.112. The summed E-state index contributed by atoms with van der Waals surface area (Å²) in [5.41, 5.74) is 3.74. The second-order valence-corrected chi connectivity index (χ2v) is 6.29. The van der Waals surface area contributed by atoms with Crippen molar-refractivity contribution in [1.29, 1.82) is 0 Å². The van der Waals surface area contributed by atoms with Gasteiger partial charge in [-0.1, -0.05) is 29.8 Å². The Labute approximate surface area is 142 Å². The molecule has 1 aliphatic rings. The van der Waals surface area contributed by atoms with E-state index in [1.54, 1.807) is 40.5 Å². The van der Waals surface area contributed by atoms with Crippen molar-refractivity contribution < 1.29 is 4.79 Å². The Morgan fingerprint density at radius 3 is 2.52 bits per heavy atom. The summed E-state index contributed by atoms with van der Waals surface area (Å²) >= 11 is 7.47. The normalized spacial score (nSPS) is 15.3. The highest BCUT2D eigenvalue weighted by molar-refractivity contribution is 7.08. The Morgan fingerprint density at radius 2 is 1.78 bits per heavy atom. The fraction of sp³-hybridized carbons (Fsp3) is 0. The van der Waals surface area contributed by atoms with Crippen LogP contribution < -0.4 is 4.90 Å². The van der Waals surface area contributed by atoms with Gasteiger partial charge in [0.1, 0.15) is 5.71 Å². The first-order valence-corrected chi connectivity index (χ1v) is 8.36. The number of halogens is 1. The van der Waals surface area contributed by atoms with Crippen LogP contribution in [0.4, 0.5) is 17.1 Å². The lowest BCUT2D eigenvalue weighted by molar-refractivity contribution is -0.111. The third-order valence-corrected chi connectivity index (χ3v) is 4.56. The zero-order valence-electron chi connectivity index (χ0n) is 11.9. The van der Waals surface area contributed by atoms with E-state index in [0.29, 0.717) is 16.4 Å². The van der Waals surface area contributed by atoms with Crippen LogP contribution in [0.5, 0.6) is 0 Å². The van der Waals surface area contributed by atoms with E-state index in [4.69, 9.17) is 11.6 Å². The fourth-order valence-corrected chi connectivity index (χ4v) is 3.34. The van der Waals surface area contributed by atoms with Crippen LogP contribution in [0.1, 0.15) is 5.56 Å². The Balaban J connectivity index is 1.85. The Hall–Kier alpha value is -2.43. The van der Waals surface area contributed by atoms with Crippen LogP contribution in [0.3, 0.4) is 0 Å².